The van der Waals surface area contributed by atoms with Crippen LogP contribution in [0.5, 0.6) is 0 Å². The van der Waals surface area contributed by atoms with Crippen LogP contribution >= 0.6 is 0 Å². The highest BCUT2D eigenvalue weighted by Gasteiger charge is 2.28. The fourth-order valence-electron chi connectivity index (χ4n) is 2.08. The van der Waals surface area contributed by atoms with Gasteiger partial charge in [0.2, 0.25) is 10.0 Å². The molecular weight excluding hydrogens is 280 g/mol. The van der Waals surface area contributed by atoms with Crippen LogP contribution in [0.25, 0.3) is 0 Å². The Bertz CT molecular complexity index is 586. The van der Waals surface area contributed by atoms with Crippen molar-refractivity contribution in [3.63, 3.8) is 0 Å². The van der Waals surface area contributed by atoms with Gasteiger partial charge in [-0.15, -0.1) is 0 Å². The van der Waals surface area contributed by atoms with E-state index < -0.39 is 10.0 Å². The van der Waals surface area contributed by atoms with Crippen LogP contribution in [-0.4, -0.2) is 67.0 Å². The second-order valence-electron chi connectivity index (χ2n) is 4.46. The van der Waals surface area contributed by atoms with Gasteiger partial charge in [0.25, 0.3) is 0 Å². The summed E-state index contributed by atoms with van der Waals surface area (Å²) in [4.78, 5) is 5.91. The van der Waals surface area contributed by atoms with Gasteiger partial charge in [0.05, 0.1) is 6.61 Å². The third-order valence-corrected chi connectivity index (χ3v) is 5.12. The van der Waals surface area contributed by atoms with Crippen molar-refractivity contribution in [1.82, 2.24) is 14.2 Å². The minimum absolute atomic E-state index is 0.0757. The Balaban J connectivity index is 2.09. The normalized spacial score (nSPS) is 17.8. The molecule has 0 amide bonds. The predicted molar refractivity (Wildman–Crippen MR) is 71.2 cm³/mol. The Morgan fingerprint density at radius 3 is 2.50 bits per heavy atom. The Morgan fingerprint density at radius 1 is 1.30 bits per heavy atom. The second-order valence-corrected chi connectivity index (χ2v) is 6.40. The van der Waals surface area contributed by atoms with Gasteiger partial charge in [-0.25, -0.2) is 13.4 Å². The molecule has 0 atom stereocenters. The van der Waals surface area contributed by atoms with Crippen molar-refractivity contribution in [2.24, 2.45) is 0 Å². The molecule has 0 aliphatic carbocycles. The van der Waals surface area contributed by atoms with E-state index in [0.29, 0.717) is 32.7 Å². The first-order valence-corrected chi connectivity index (χ1v) is 7.71. The minimum Gasteiger partial charge on any atom is -0.395 e. The lowest BCUT2D eigenvalue weighted by Gasteiger charge is -2.33. The zero-order valence-corrected chi connectivity index (χ0v) is 11.8. The lowest BCUT2D eigenvalue weighted by Crippen LogP contribution is -2.49. The van der Waals surface area contributed by atoms with Gasteiger partial charge in [0.15, 0.2) is 0 Å². The third kappa shape index (κ3) is 3.13. The molecule has 0 saturated carbocycles. The molecule has 0 aromatic carbocycles. The van der Waals surface area contributed by atoms with Gasteiger partial charge in [-0.1, -0.05) is 0 Å². The molecule has 1 aliphatic rings. The zero-order chi connectivity index (χ0) is 14.6. The van der Waals surface area contributed by atoms with Gasteiger partial charge in [-0.3, -0.25) is 4.90 Å². The second kappa shape index (κ2) is 6.28. The van der Waals surface area contributed by atoms with Crippen molar-refractivity contribution in [3.05, 3.63) is 24.0 Å². The average Bonchev–Trinajstić information content (AvgIpc) is 2.48. The SMILES string of the molecule is N#Cc1ccc(S(=O)(=O)N2CCN(CCO)CC2)cn1. The predicted octanol–water partition coefficient (Wildman–Crippen LogP) is -0.748. The van der Waals surface area contributed by atoms with Gasteiger partial charge >= 0.3 is 0 Å². The van der Waals surface area contributed by atoms with Crippen LogP contribution < -0.4 is 0 Å². The summed E-state index contributed by atoms with van der Waals surface area (Å²) in [6.45, 7) is 2.62. The summed E-state index contributed by atoms with van der Waals surface area (Å²) in [7, 11) is -3.55. The van der Waals surface area contributed by atoms with E-state index in [0.717, 1.165) is 0 Å². The number of rotatable bonds is 4. The first-order valence-electron chi connectivity index (χ1n) is 6.27. The number of pyridine rings is 1. The van der Waals surface area contributed by atoms with Crippen molar-refractivity contribution in [1.29, 1.82) is 5.26 Å². The van der Waals surface area contributed by atoms with Crippen molar-refractivity contribution in [3.8, 4) is 6.07 Å². The maximum absolute atomic E-state index is 12.4. The van der Waals surface area contributed by atoms with Crippen LogP contribution in [0.15, 0.2) is 23.2 Å². The zero-order valence-electron chi connectivity index (χ0n) is 10.9. The van der Waals surface area contributed by atoms with Crippen LogP contribution in [0, 0.1) is 11.3 Å². The van der Waals surface area contributed by atoms with Crippen molar-refractivity contribution in [2.75, 3.05) is 39.3 Å². The summed E-state index contributed by atoms with van der Waals surface area (Å²) in [5, 5.41) is 17.5. The number of sulfonamides is 1. The molecule has 8 heteroatoms. The topological polar surface area (TPSA) is 97.5 Å². The fraction of sp³-hybridized carbons (Fsp3) is 0.500. The molecule has 2 rings (SSSR count). The molecule has 0 bridgehead atoms. The lowest BCUT2D eigenvalue weighted by molar-refractivity contribution is 0.151. The summed E-state index contributed by atoms with van der Waals surface area (Å²) >= 11 is 0. The smallest absolute Gasteiger partial charge is 0.244 e. The van der Waals surface area contributed by atoms with Crippen LogP contribution in [0.3, 0.4) is 0 Å². The number of piperazine rings is 1. The summed E-state index contributed by atoms with van der Waals surface area (Å²) in [6, 6.07) is 4.66. The Morgan fingerprint density at radius 2 is 2.00 bits per heavy atom. The molecule has 1 aromatic rings. The van der Waals surface area contributed by atoms with Gasteiger partial charge in [0.1, 0.15) is 16.7 Å². The maximum atomic E-state index is 12.4. The standard InChI is InChI=1S/C12H16N4O3S/c13-9-11-1-2-12(10-14-11)20(18,19)16-5-3-15(4-6-16)7-8-17/h1-2,10,17H,3-8H2. The first kappa shape index (κ1) is 14.9. The first-order chi connectivity index (χ1) is 9.57. The van der Waals surface area contributed by atoms with E-state index in [-0.39, 0.29) is 17.2 Å². The molecule has 7 nitrogen and oxygen atoms in total. The Labute approximate surface area is 118 Å². The highest BCUT2D eigenvalue weighted by atomic mass is 32.2. The van der Waals surface area contributed by atoms with Gasteiger partial charge < -0.3 is 5.11 Å². The number of hydrogen-bond donors (Lipinski definition) is 1. The van der Waals surface area contributed by atoms with E-state index in [1.807, 2.05) is 11.0 Å². The van der Waals surface area contributed by atoms with Crippen molar-refractivity contribution < 1.29 is 13.5 Å². The molecule has 1 fully saturated rings. The molecule has 0 spiro atoms. The summed E-state index contributed by atoms with van der Waals surface area (Å²) in [5.74, 6) is 0. The van der Waals surface area contributed by atoms with E-state index in [4.69, 9.17) is 10.4 Å². The largest absolute Gasteiger partial charge is 0.395 e. The molecule has 1 saturated heterocycles. The molecule has 1 aromatic heterocycles. The van der Waals surface area contributed by atoms with E-state index in [1.54, 1.807) is 0 Å². The summed E-state index contributed by atoms with van der Waals surface area (Å²) < 4.78 is 26.2. The van der Waals surface area contributed by atoms with Crippen LogP contribution in [0.4, 0.5) is 0 Å². The van der Waals surface area contributed by atoms with Gasteiger partial charge in [-0.05, 0) is 12.1 Å². The number of nitrogens with zero attached hydrogens (tertiary/aromatic N) is 4. The number of aliphatic hydroxyl groups excluding tert-OH is 1. The highest BCUT2D eigenvalue weighted by Crippen LogP contribution is 2.16. The maximum Gasteiger partial charge on any atom is 0.244 e. The molecule has 1 aliphatic heterocycles. The van der Waals surface area contributed by atoms with Crippen molar-refractivity contribution >= 4 is 10.0 Å². The van der Waals surface area contributed by atoms with Crippen LogP contribution in [-0.2, 0) is 10.0 Å². The van der Waals surface area contributed by atoms with Gasteiger partial charge in [0, 0.05) is 38.9 Å². The van der Waals surface area contributed by atoms with Crippen LogP contribution in [0.2, 0.25) is 0 Å². The molecule has 2 heterocycles. The summed E-state index contributed by atoms with van der Waals surface area (Å²) in [6.07, 6.45) is 1.22. The quantitative estimate of drug-likeness (QED) is 0.785. The highest BCUT2D eigenvalue weighted by molar-refractivity contribution is 7.89. The average molecular weight is 296 g/mol. The molecule has 0 radical (unpaired) electrons. The Kier molecular flexibility index (Phi) is 4.67. The third-order valence-electron chi connectivity index (χ3n) is 3.24. The number of aliphatic hydroxyl groups is 1. The van der Waals surface area contributed by atoms with Gasteiger partial charge in [-0.2, -0.15) is 9.57 Å². The molecule has 1 N–H and O–H groups in total. The van der Waals surface area contributed by atoms with E-state index in [9.17, 15) is 8.42 Å². The molecule has 20 heavy (non-hydrogen) atoms. The number of aromatic nitrogens is 1. The monoisotopic (exact) mass is 296 g/mol. The van der Waals surface area contributed by atoms with E-state index in [2.05, 4.69) is 4.98 Å². The van der Waals surface area contributed by atoms with E-state index in [1.165, 1.54) is 22.6 Å². The molecular formula is C12H16N4O3S. The van der Waals surface area contributed by atoms with E-state index >= 15 is 0 Å². The van der Waals surface area contributed by atoms with Crippen molar-refractivity contribution in [2.45, 2.75) is 4.90 Å². The number of β-amino-alcohol motifs (C(OH)–C–C–N with tert-alkyl or cyclic N) is 1. The molecule has 0 unspecified atom stereocenters. The number of nitriles is 1. The molecule has 108 valence electrons. The summed E-state index contributed by atoms with van der Waals surface area (Å²) in [5.41, 5.74) is 0.191. The fourth-order valence-corrected chi connectivity index (χ4v) is 3.45. The lowest BCUT2D eigenvalue weighted by atomic mass is 10.4. The minimum atomic E-state index is -3.55. The Hall–Kier alpha value is -1.53. The number of hydrogen-bond acceptors (Lipinski definition) is 6. The van der Waals surface area contributed by atoms with Crippen LogP contribution in [0.1, 0.15) is 5.69 Å².